The highest BCUT2D eigenvalue weighted by Crippen LogP contribution is 2.22. The zero-order valence-electron chi connectivity index (χ0n) is 5.60. The minimum Gasteiger partial charge on any atom is -0.461 e. The second kappa shape index (κ2) is 1.96. The van der Waals surface area contributed by atoms with Crippen molar-refractivity contribution in [1.29, 1.82) is 0 Å². The molecule has 1 saturated carbocycles. The van der Waals surface area contributed by atoms with E-state index in [4.69, 9.17) is 4.74 Å². The first-order valence-corrected chi connectivity index (χ1v) is 3.67. The minimum absolute atomic E-state index is 0.561. The Hall–Kier alpha value is -0.0800. The third-order valence-corrected chi connectivity index (χ3v) is 2.49. The van der Waals surface area contributed by atoms with Crippen molar-refractivity contribution >= 4 is 0 Å². The van der Waals surface area contributed by atoms with E-state index in [1.54, 1.807) is 0 Å². The van der Waals surface area contributed by atoms with Crippen LogP contribution in [0.5, 0.6) is 0 Å². The van der Waals surface area contributed by atoms with E-state index in [2.05, 4.69) is 7.05 Å². The second-order valence-corrected chi connectivity index (χ2v) is 3.00. The average Bonchev–Trinajstić information content (AvgIpc) is 1.74. The number of rotatable bonds is 0. The predicted octanol–water partition coefficient (Wildman–Crippen LogP) is -0.776. The van der Waals surface area contributed by atoms with Crippen LogP contribution in [-0.2, 0) is 4.74 Å². The number of ether oxygens (including phenoxy) is 1. The van der Waals surface area contributed by atoms with E-state index in [9.17, 15) is 0 Å². The molecule has 9 heavy (non-hydrogen) atoms. The molecule has 3 unspecified atom stereocenters. The zero-order valence-corrected chi connectivity index (χ0v) is 5.60. The van der Waals surface area contributed by atoms with Crippen LogP contribution in [0.15, 0.2) is 0 Å². The van der Waals surface area contributed by atoms with Crippen LogP contribution in [0.1, 0.15) is 12.8 Å². The summed E-state index contributed by atoms with van der Waals surface area (Å²) in [6.45, 7) is 2.02. The molecule has 0 aromatic rings. The Morgan fingerprint density at radius 3 is 2.78 bits per heavy atom. The Balaban J connectivity index is 1.98. The van der Waals surface area contributed by atoms with Gasteiger partial charge in [-0.25, -0.2) is 0 Å². The fraction of sp³-hybridized carbons (Fsp3) is 0.857. The molecule has 0 amide bonds. The molecule has 1 N–H and O–H groups in total. The molecular weight excluding hydrogens is 114 g/mol. The van der Waals surface area contributed by atoms with Crippen LogP contribution < -0.4 is 4.90 Å². The molecule has 2 heteroatoms. The fourth-order valence-electron chi connectivity index (χ4n) is 1.66. The van der Waals surface area contributed by atoms with Crippen molar-refractivity contribution in [1.82, 2.24) is 0 Å². The lowest BCUT2D eigenvalue weighted by Gasteiger charge is -2.47. The van der Waals surface area contributed by atoms with Crippen molar-refractivity contribution in [2.75, 3.05) is 13.2 Å². The van der Waals surface area contributed by atoms with Crippen molar-refractivity contribution in [3.63, 3.8) is 0 Å². The summed E-state index contributed by atoms with van der Waals surface area (Å²) in [6, 6.07) is 0.735. The molecular formula is C7H13NO. The van der Waals surface area contributed by atoms with Gasteiger partial charge < -0.3 is 9.64 Å². The number of fused-ring (bicyclic) bond motifs is 1. The van der Waals surface area contributed by atoms with Crippen LogP contribution in [0.4, 0.5) is 0 Å². The highest BCUT2D eigenvalue weighted by atomic mass is 16.5. The van der Waals surface area contributed by atoms with Gasteiger partial charge in [0.15, 0.2) is 0 Å². The molecule has 2 aliphatic rings. The Morgan fingerprint density at radius 1 is 1.44 bits per heavy atom. The molecule has 1 heterocycles. The van der Waals surface area contributed by atoms with E-state index in [1.807, 2.05) is 0 Å². The van der Waals surface area contributed by atoms with Gasteiger partial charge in [-0.1, -0.05) is 0 Å². The summed E-state index contributed by atoms with van der Waals surface area (Å²) in [5, 5.41) is 0. The maximum Gasteiger partial charge on any atom is 0.107 e. The van der Waals surface area contributed by atoms with Crippen LogP contribution in [0, 0.1) is 7.05 Å². The van der Waals surface area contributed by atoms with Crippen LogP contribution in [0.25, 0.3) is 0 Å². The van der Waals surface area contributed by atoms with Crippen molar-refractivity contribution in [3.8, 4) is 0 Å². The lowest BCUT2D eigenvalue weighted by Crippen LogP contribution is -3.15. The first-order valence-electron chi connectivity index (χ1n) is 3.67. The Bertz CT molecular complexity index is 109. The van der Waals surface area contributed by atoms with Gasteiger partial charge in [0, 0.05) is 6.42 Å². The first kappa shape index (κ1) is 5.69. The van der Waals surface area contributed by atoms with Gasteiger partial charge in [-0.15, -0.1) is 0 Å². The van der Waals surface area contributed by atoms with E-state index in [1.165, 1.54) is 17.7 Å². The van der Waals surface area contributed by atoms with Crippen molar-refractivity contribution in [2.24, 2.45) is 0 Å². The molecule has 0 aromatic carbocycles. The summed E-state index contributed by atoms with van der Waals surface area (Å²) >= 11 is 0. The quantitative estimate of drug-likeness (QED) is 0.422. The molecule has 0 radical (unpaired) electrons. The van der Waals surface area contributed by atoms with Crippen molar-refractivity contribution in [3.05, 3.63) is 7.05 Å². The van der Waals surface area contributed by atoms with E-state index < -0.39 is 0 Å². The monoisotopic (exact) mass is 127 g/mol. The molecule has 2 rings (SSSR count). The predicted molar refractivity (Wildman–Crippen MR) is 33.9 cm³/mol. The maximum absolute atomic E-state index is 5.49. The summed E-state index contributed by atoms with van der Waals surface area (Å²) in [5.74, 6) is 0. The molecule has 0 spiro atoms. The van der Waals surface area contributed by atoms with Gasteiger partial charge >= 0.3 is 0 Å². The van der Waals surface area contributed by atoms with Gasteiger partial charge in [-0.2, -0.15) is 7.05 Å². The van der Waals surface area contributed by atoms with Gasteiger partial charge in [0.05, 0.1) is 19.2 Å². The van der Waals surface area contributed by atoms with E-state index >= 15 is 0 Å². The molecule has 2 nitrogen and oxygen atoms in total. The molecule has 0 bridgehead atoms. The number of hydrogen-bond donors (Lipinski definition) is 1. The molecule has 1 saturated heterocycles. The average molecular weight is 127 g/mol. The highest BCUT2D eigenvalue weighted by Gasteiger charge is 2.38. The molecule has 3 atom stereocenters. The summed E-state index contributed by atoms with van der Waals surface area (Å²) in [7, 11) is 4.02. The number of hydrogen-bond acceptors (Lipinski definition) is 1. The topological polar surface area (TPSA) is 13.7 Å². The van der Waals surface area contributed by atoms with Gasteiger partial charge in [0.2, 0.25) is 0 Å². The van der Waals surface area contributed by atoms with Crippen LogP contribution in [0.2, 0.25) is 0 Å². The molecule has 0 aromatic heterocycles. The van der Waals surface area contributed by atoms with Gasteiger partial charge in [-0.05, 0) is 6.42 Å². The molecule has 1 aliphatic heterocycles. The number of morpholine rings is 1. The Morgan fingerprint density at radius 2 is 2.33 bits per heavy atom. The van der Waals surface area contributed by atoms with Gasteiger partial charge in [-0.3, -0.25) is 0 Å². The molecule has 1 aliphatic carbocycles. The summed E-state index contributed by atoms with van der Waals surface area (Å²) < 4.78 is 5.49. The van der Waals surface area contributed by atoms with Crippen molar-refractivity contribution in [2.45, 2.75) is 25.0 Å². The lowest BCUT2D eigenvalue weighted by atomic mass is 9.87. The summed E-state index contributed by atoms with van der Waals surface area (Å²) in [5.41, 5.74) is 0. The van der Waals surface area contributed by atoms with E-state index in [0.717, 1.165) is 19.2 Å². The Kier molecular flexibility index (Phi) is 1.24. The third-order valence-electron chi connectivity index (χ3n) is 2.49. The third kappa shape index (κ3) is 0.775. The van der Waals surface area contributed by atoms with Crippen LogP contribution in [-0.4, -0.2) is 25.3 Å². The summed E-state index contributed by atoms with van der Waals surface area (Å²) in [4.78, 5) is 1.43. The van der Waals surface area contributed by atoms with Gasteiger partial charge in [0.1, 0.15) is 6.10 Å². The number of quaternary nitrogens is 1. The van der Waals surface area contributed by atoms with E-state index in [0.29, 0.717) is 6.10 Å². The van der Waals surface area contributed by atoms with Crippen LogP contribution >= 0.6 is 0 Å². The smallest absolute Gasteiger partial charge is 0.107 e. The fourth-order valence-corrected chi connectivity index (χ4v) is 1.66. The highest BCUT2D eigenvalue weighted by molar-refractivity contribution is 4.83. The van der Waals surface area contributed by atoms with Crippen molar-refractivity contribution < 1.29 is 9.64 Å². The molecule has 2 fully saturated rings. The van der Waals surface area contributed by atoms with E-state index in [-0.39, 0.29) is 0 Å². The Labute approximate surface area is 55.8 Å². The number of nitrogens with one attached hydrogen (secondary N) is 1. The maximum atomic E-state index is 5.49. The minimum atomic E-state index is 0.561. The summed E-state index contributed by atoms with van der Waals surface area (Å²) in [6.07, 6.45) is 3.15. The van der Waals surface area contributed by atoms with Gasteiger partial charge in [0.25, 0.3) is 0 Å². The zero-order chi connectivity index (χ0) is 6.27. The molecule has 52 valence electrons. The normalized spacial score (nSPS) is 49.7. The SMILES string of the molecule is [CH2-][NH+]1CCOC2CCC21. The first-order chi connectivity index (χ1) is 4.38. The second-order valence-electron chi connectivity index (χ2n) is 3.00. The largest absolute Gasteiger partial charge is 0.461 e. The van der Waals surface area contributed by atoms with Crippen LogP contribution in [0.3, 0.4) is 0 Å². The lowest BCUT2D eigenvalue weighted by molar-refractivity contribution is -0.902. The standard InChI is InChI=1S/C7H13NO/c1-8-4-5-9-7-3-2-6(7)8/h6-8H,1-5H2.